The fourth-order valence-electron chi connectivity index (χ4n) is 1.59. The summed E-state index contributed by atoms with van der Waals surface area (Å²) in [7, 11) is 0. The maximum atomic E-state index is 13.6. The third kappa shape index (κ3) is 2.72. The zero-order valence-corrected chi connectivity index (χ0v) is 10.4. The van der Waals surface area contributed by atoms with Crippen LogP contribution in [0, 0.1) is 24.1 Å². The Labute approximate surface area is 113 Å². The van der Waals surface area contributed by atoms with E-state index in [1.165, 1.54) is 31.2 Å². The minimum Gasteiger partial charge on any atom is -0.478 e. The molecule has 0 fully saturated rings. The number of hydrogen-bond donors (Lipinski definition) is 1. The molecule has 2 rings (SSSR count). The quantitative estimate of drug-likeness (QED) is 0.928. The molecule has 0 saturated carbocycles. The Balaban J connectivity index is 2.29. The molecule has 0 atom stereocenters. The van der Waals surface area contributed by atoms with Gasteiger partial charge in [0.2, 0.25) is 5.88 Å². The van der Waals surface area contributed by atoms with E-state index < -0.39 is 11.8 Å². The molecule has 0 radical (unpaired) electrons. The molecule has 0 aliphatic carbocycles. The Bertz CT molecular complexity index is 723. The summed E-state index contributed by atoms with van der Waals surface area (Å²) in [5.74, 6) is -1.79. The topological polar surface area (TPSA) is 83.2 Å². The average molecular weight is 272 g/mol. The third-order valence-corrected chi connectivity index (χ3v) is 2.57. The molecule has 0 aliphatic heterocycles. The molecule has 0 unspecified atom stereocenters. The molecule has 2 aromatic rings. The van der Waals surface area contributed by atoms with Gasteiger partial charge in [0, 0.05) is 6.07 Å². The predicted octanol–water partition coefficient (Wildman–Crippen LogP) is 2.89. The molecule has 0 spiro atoms. The van der Waals surface area contributed by atoms with Crippen molar-refractivity contribution in [2.45, 2.75) is 6.92 Å². The first-order chi connectivity index (χ1) is 9.51. The highest BCUT2D eigenvalue weighted by molar-refractivity contribution is 5.88. The lowest BCUT2D eigenvalue weighted by atomic mass is 10.2. The van der Waals surface area contributed by atoms with Crippen LogP contribution in [-0.4, -0.2) is 16.1 Å². The monoisotopic (exact) mass is 272 g/mol. The Morgan fingerprint density at radius 1 is 1.40 bits per heavy atom. The number of ether oxygens (including phenoxy) is 1. The third-order valence-electron chi connectivity index (χ3n) is 2.57. The van der Waals surface area contributed by atoms with Crippen molar-refractivity contribution in [3.05, 3.63) is 53.0 Å². The first kappa shape index (κ1) is 13.5. The highest BCUT2D eigenvalue weighted by Gasteiger charge is 2.11. The fraction of sp³-hybridized carbons (Fsp3) is 0.0714. The zero-order valence-electron chi connectivity index (χ0n) is 10.4. The van der Waals surface area contributed by atoms with E-state index in [4.69, 9.17) is 15.1 Å². The van der Waals surface area contributed by atoms with E-state index in [-0.39, 0.29) is 28.5 Å². The van der Waals surface area contributed by atoms with Crippen molar-refractivity contribution in [3.63, 3.8) is 0 Å². The van der Waals surface area contributed by atoms with Crippen molar-refractivity contribution in [2.75, 3.05) is 0 Å². The van der Waals surface area contributed by atoms with Crippen LogP contribution in [0.1, 0.15) is 21.6 Å². The molecule has 20 heavy (non-hydrogen) atoms. The fourth-order valence-corrected chi connectivity index (χ4v) is 1.59. The lowest BCUT2D eigenvalue weighted by molar-refractivity contribution is 0.0695. The number of carboxylic acid groups (broad SMARTS) is 1. The van der Waals surface area contributed by atoms with Crippen LogP contribution in [0.5, 0.6) is 11.6 Å². The summed E-state index contributed by atoms with van der Waals surface area (Å²) in [5.41, 5.74) is 0.502. The second-order valence-electron chi connectivity index (χ2n) is 3.95. The van der Waals surface area contributed by atoms with Gasteiger partial charge in [0.15, 0.2) is 11.6 Å². The lowest BCUT2D eigenvalue weighted by Gasteiger charge is -2.07. The van der Waals surface area contributed by atoms with Gasteiger partial charge < -0.3 is 9.84 Å². The summed E-state index contributed by atoms with van der Waals surface area (Å²) in [4.78, 5) is 14.8. The Hall–Kier alpha value is -2.94. The standard InChI is InChI=1S/C14H9FN2O3/c1-8-10(14(18)19)3-5-13(17-8)20-12-4-2-9(7-16)6-11(12)15/h2-6H,1H3,(H,18,19). The largest absolute Gasteiger partial charge is 0.478 e. The summed E-state index contributed by atoms with van der Waals surface area (Å²) >= 11 is 0. The lowest BCUT2D eigenvalue weighted by Crippen LogP contribution is -2.02. The van der Waals surface area contributed by atoms with Crippen molar-refractivity contribution in [3.8, 4) is 17.7 Å². The SMILES string of the molecule is Cc1nc(Oc2ccc(C#N)cc2F)ccc1C(=O)O. The van der Waals surface area contributed by atoms with Gasteiger partial charge in [0.1, 0.15) is 0 Å². The van der Waals surface area contributed by atoms with Gasteiger partial charge in [-0.2, -0.15) is 5.26 Å². The molecule has 1 N–H and O–H groups in total. The summed E-state index contributed by atoms with van der Waals surface area (Å²) in [6, 6.07) is 8.27. The van der Waals surface area contributed by atoms with E-state index in [0.717, 1.165) is 6.07 Å². The number of carbonyl (C=O) groups is 1. The summed E-state index contributed by atoms with van der Waals surface area (Å²) in [6.07, 6.45) is 0. The number of nitriles is 1. The summed E-state index contributed by atoms with van der Waals surface area (Å²) < 4.78 is 18.9. The van der Waals surface area contributed by atoms with Crippen LogP contribution < -0.4 is 4.74 Å². The van der Waals surface area contributed by atoms with E-state index in [1.54, 1.807) is 0 Å². The maximum absolute atomic E-state index is 13.6. The molecule has 6 heteroatoms. The number of pyridine rings is 1. The highest BCUT2D eigenvalue weighted by atomic mass is 19.1. The van der Waals surface area contributed by atoms with Crippen LogP contribution >= 0.6 is 0 Å². The van der Waals surface area contributed by atoms with E-state index in [1.807, 2.05) is 6.07 Å². The summed E-state index contributed by atoms with van der Waals surface area (Å²) in [6.45, 7) is 1.52. The first-order valence-electron chi connectivity index (χ1n) is 5.59. The molecular weight excluding hydrogens is 263 g/mol. The molecular formula is C14H9FN2O3. The van der Waals surface area contributed by atoms with Crippen LogP contribution in [0.4, 0.5) is 4.39 Å². The van der Waals surface area contributed by atoms with Crippen LogP contribution in [0.3, 0.4) is 0 Å². The molecule has 0 amide bonds. The van der Waals surface area contributed by atoms with Gasteiger partial charge in [-0.3, -0.25) is 0 Å². The predicted molar refractivity (Wildman–Crippen MR) is 67.1 cm³/mol. The van der Waals surface area contributed by atoms with E-state index >= 15 is 0 Å². The van der Waals surface area contributed by atoms with Crippen LogP contribution in [0.15, 0.2) is 30.3 Å². The maximum Gasteiger partial charge on any atom is 0.337 e. The molecule has 5 nitrogen and oxygen atoms in total. The summed E-state index contributed by atoms with van der Waals surface area (Å²) in [5, 5.41) is 17.5. The van der Waals surface area contributed by atoms with E-state index in [9.17, 15) is 9.18 Å². The van der Waals surface area contributed by atoms with Crippen LogP contribution in [0.25, 0.3) is 0 Å². The van der Waals surface area contributed by atoms with Crippen LogP contribution in [-0.2, 0) is 0 Å². The van der Waals surface area contributed by atoms with Crippen LogP contribution in [0.2, 0.25) is 0 Å². The number of benzene rings is 1. The second-order valence-corrected chi connectivity index (χ2v) is 3.95. The van der Waals surface area contributed by atoms with Crippen molar-refractivity contribution >= 4 is 5.97 Å². The highest BCUT2D eigenvalue weighted by Crippen LogP contribution is 2.24. The van der Waals surface area contributed by atoms with E-state index in [0.29, 0.717) is 0 Å². The van der Waals surface area contributed by atoms with Gasteiger partial charge in [0.05, 0.1) is 22.9 Å². The number of aromatic nitrogens is 1. The van der Waals surface area contributed by atoms with Crippen molar-refractivity contribution in [1.82, 2.24) is 4.98 Å². The smallest absolute Gasteiger partial charge is 0.337 e. The number of aryl methyl sites for hydroxylation is 1. The number of halogens is 1. The zero-order chi connectivity index (χ0) is 14.7. The molecule has 100 valence electrons. The first-order valence-corrected chi connectivity index (χ1v) is 5.59. The number of rotatable bonds is 3. The number of hydrogen-bond acceptors (Lipinski definition) is 4. The van der Waals surface area contributed by atoms with Gasteiger partial charge in [-0.25, -0.2) is 14.2 Å². The number of nitrogens with zero attached hydrogens (tertiary/aromatic N) is 2. The van der Waals surface area contributed by atoms with Gasteiger partial charge in [-0.15, -0.1) is 0 Å². The van der Waals surface area contributed by atoms with Gasteiger partial charge in [0.25, 0.3) is 0 Å². The second kappa shape index (κ2) is 5.36. The molecule has 1 heterocycles. The minimum absolute atomic E-state index is 0.0534. The van der Waals surface area contributed by atoms with Crippen molar-refractivity contribution in [1.29, 1.82) is 5.26 Å². The molecule has 0 bridgehead atoms. The Morgan fingerprint density at radius 2 is 2.15 bits per heavy atom. The average Bonchev–Trinajstić information content (AvgIpc) is 2.40. The molecule has 1 aromatic carbocycles. The van der Waals surface area contributed by atoms with Gasteiger partial charge >= 0.3 is 5.97 Å². The molecule has 1 aromatic heterocycles. The van der Waals surface area contributed by atoms with Crippen molar-refractivity contribution < 1.29 is 19.0 Å². The number of aromatic carboxylic acids is 1. The Morgan fingerprint density at radius 3 is 2.70 bits per heavy atom. The van der Waals surface area contributed by atoms with E-state index in [2.05, 4.69) is 4.98 Å². The molecule has 0 saturated heterocycles. The van der Waals surface area contributed by atoms with Gasteiger partial charge in [-0.05, 0) is 31.2 Å². The number of carboxylic acids is 1. The minimum atomic E-state index is -1.09. The van der Waals surface area contributed by atoms with Crippen molar-refractivity contribution in [2.24, 2.45) is 0 Å². The Kier molecular flexibility index (Phi) is 3.62. The molecule has 0 aliphatic rings. The van der Waals surface area contributed by atoms with Gasteiger partial charge in [-0.1, -0.05) is 0 Å². The normalized spacial score (nSPS) is 9.85.